The summed E-state index contributed by atoms with van der Waals surface area (Å²) >= 11 is 0. The van der Waals surface area contributed by atoms with E-state index in [-0.39, 0.29) is 155 Å². The van der Waals surface area contributed by atoms with Crippen LogP contribution in [0.5, 0.6) is 0 Å². The second-order valence-electron chi connectivity index (χ2n) is 0. The summed E-state index contributed by atoms with van der Waals surface area (Å²) in [4.78, 5) is 0. The van der Waals surface area contributed by atoms with Crippen molar-refractivity contribution in [2.45, 2.75) is 0 Å². The Morgan fingerprint density at radius 1 is 0.316 bits per heavy atom. The zero-order valence-electron chi connectivity index (χ0n) is 9.80. The molecule has 0 N–H and O–H groups in total. The van der Waals surface area contributed by atoms with Crippen LogP contribution in [0.15, 0.2) is 0 Å². The molecule has 0 amide bonds. The van der Waals surface area contributed by atoms with Crippen molar-refractivity contribution in [3.05, 3.63) is 39.4 Å². The average molecular weight is 531 g/mol. The van der Waals surface area contributed by atoms with Crippen LogP contribution < -0.4 is 51.4 Å². The summed E-state index contributed by atoms with van der Waals surface area (Å²) in [7, 11) is 0. The Morgan fingerprint density at radius 2 is 0.316 bits per heavy atom. The van der Waals surface area contributed by atoms with Crippen LogP contribution in [0.2, 0.25) is 0 Å². The molecule has 0 saturated heterocycles. The Kier molecular flexibility index (Phi) is 17100. The quantitative estimate of drug-likeness (QED) is 0.254. The van der Waals surface area contributed by atoms with Gasteiger partial charge in [0.1, 0.15) is 0 Å². The third kappa shape index (κ3) is 2150. The molecule has 6 nitrogen and oxygen atoms in total. The smallest absolute Gasteiger partial charge is 1.00 e. The molecule has 0 saturated carbocycles. The molecule has 0 aromatic heterocycles. The van der Waals surface area contributed by atoms with Gasteiger partial charge in [0, 0.05) is 102 Å². The molecule has 0 fully saturated rings. The Morgan fingerprint density at radius 3 is 0.316 bits per heavy atom. The Bertz CT molecular complexity index is 115. The fraction of sp³-hybridized carbons (Fsp3) is 0. The minimum Gasteiger partial charge on any atom is -1.00 e. The predicted octanol–water partition coefficient (Wildman–Crippen LogP) is -2.32. The standard InChI is InChI=1S/6CN.6Fe.K.H/c6*1-2;;;;;;;;/q6*-1;;;;;;;+1;-1. The third-order valence-electron chi connectivity index (χ3n) is 0. The first-order valence-electron chi connectivity index (χ1n) is 1.34. The van der Waals surface area contributed by atoms with E-state index in [4.69, 9.17) is 71.0 Å². The van der Waals surface area contributed by atoms with E-state index in [1.165, 1.54) is 0 Å². The van der Waals surface area contributed by atoms with Gasteiger partial charge in [-0.15, -0.1) is 0 Å². The first-order valence-corrected chi connectivity index (χ1v) is 1.34. The van der Waals surface area contributed by atoms with Gasteiger partial charge < -0.3 is 72.4 Å². The summed E-state index contributed by atoms with van der Waals surface area (Å²) in [6.45, 7) is 28.5. The van der Waals surface area contributed by atoms with E-state index in [0.717, 1.165) is 0 Å². The van der Waals surface area contributed by atoms with Gasteiger partial charge in [-0.25, -0.2) is 0 Å². The summed E-state index contributed by atoms with van der Waals surface area (Å²) in [6, 6.07) is 0. The van der Waals surface area contributed by atoms with Crippen LogP contribution in [0.1, 0.15) is 1.43 Å². The van der Waals surface area contributed by atoms with E-state index in [9.17, 15) is 0 Å². The molecule has 0 bridgehead atoms. The molecule has 0 atom stereocenters. The number of hydrogen-bond donors (Lipinski definition) is 0. The minimum absolute atomic E-state index is 0. The summed E-state index contributed by atoms with van der Waals surface area (Å²) in [5.74, 6) is 0. The van der Waals surface area contributed by atoms with Gasteiger partial charge in [0.25, 0.3) is 0 Å². The van der Waals surface area contributed by atoms with Crippen molar-refractivity contribution in [3.8, 4) is 0 Å². The minimum atomic E-state index is 0. The topological polar surface area (TPSA) is 143 Å². The van der Waals surface area contributed by atoms with Crippen molar-refractivity contribution in [1.82, 2.24) is 0 Å². The van der Waals surface area contributed by atoms with Gasteiger partial charge in [0.2, 0.25) is 0 Å². The third-order valence-corrected chi connectivity index (χ3v) is 0. The van der Waals surface area contributed by atoms with E-state index in [2.05, 4.69) is 0 Å². The van der Waals surface area contributed by atoms with Gasteiger partial charge in [0.05, 0.1) is 0 Å². The van der Waals surface area contributed by atoms with Crippen molar-refractivity contribution in [2.24, 2.45) is 0 Å². The van der Waals surface area contributed by atoms with E-state index >= 15 is 0 Å². The Hall–Kier alpha value is 1.69. The maximum Gasteiger partial charge on any atom is 1.00 e. The number of hydrogen-bond acceptors (Lipinski definition) is 6. The zero-order chi connectivity index (χ0) is 12.0. The van der Waals surface area contributed by atoms with Gasteiger partial charge in [0.15, 0.2) is 0 Å². The van der Waals surface area contributed by atoms with Crippen LogP contribution in [0.4, 0.5) is 0 Å². The molecule has 0 aromatic carbocycles. The maximum absolute atomic E-state index is 6.25. The molecule has 0 spiro atoms. The van der Waals surface area contributed by atoms with Crippen molar-refractivity contribution >= 4 is 0 Å². The van der Waals surface area contributed by atoms with Crippen LogP contribution in [0.3, 0.4) is 0 Å². The van der Waals surface area contributed by atoms with Gasteiger partial charge >= 0.3 is 51.4 Å². The van der Waals surface area contributed by atoms with Gasteiger partial charge in [-0.05, 0) is 0 Å². The molecule has 0 aliphatic rings. The number of rotatable bonds is 0. The largest absolute Gasteiger partial charge is 1.00 e. The Labute approximate surface area is 222 Å². The zero-order valence-corrected chi connectivity index (χ0v) is 18.6. The normalized spacial score (nSPS) is 0.632. The molecule has 13 heteroatoms. The predicted molar refractivity (Wildman–Crippen MR) is 30.9 cm³/mol. The number of nitrogens with zero attached hydrogens (tertiary/aromatic N) is 6. The van der Waals surface area contributed by atoms with E-state index in [0.29, 0.717) is 0 Å². The van der Waals surface area contributed by atoms with Crippen LogP contribution in [-0.2, 0) is 102 Å². The summed E-state index contributed by atoms with van der Waals surface area (Å²) in [5.41, 5.74) is 0. The molecule has 0 radical (unpaired) electrons. The first-order chi connectivity index (χ1) is 6.00. The Balaban J connectivity index is -0.00000000167. The molecular weight excluding hydrogens is 530 g/mol. The van der Waals surface area contributed by atoms with E-state index < -0.39 is 0 Å². The van der Waals surface area contributed by atoms with Crippen LogP contribution >= 0.6 is 0 Å². The second kappa shape index (κ2) is 2400. The molecule has 0 aromatic rings. The fourth-order valence-corrected chi connectivity index (χ4v) is 0. The average Bonchev–Trinajstić information content (AvgIpc) is 2.33. The molecule has 0 heterocycles. The van der Waals surface area contributed by atoms with Crippen LogP contribution in [0, 0.1) is 71.0 Å². The van der Waals surface area contributed by atoms with Crippen molar-refractivity contribution in [3.63, 3.8) is 0 Å². The first kappa shape index (κ1) is 136. The maximum atomic E-state index is 6.25. The molecule has 0 aliphatic carbocycles. The summed E-state index contributed by atoms with van der Waals surface area (Å²) < 4.78 is 0. The summed E-state index contributed by atoms with van der Waals surface area (Å²) in [6.07, 6.45) is 0. The monoisotopic (exact) mass is 532 g/mol. The van der Waals surface area contributed by atoms with Crippen LogP contribution in [-0.4, -0.2) is 0 Å². The van der Waals surface area contributed by atoms with Crippen molar-refractivity contribution < 1.29 is 155 Å². The molecule has 0 aliphatic heterocycles. The summed E-state index contributed by atoms with van der Waals surface area (Å²) in [5, 5.41) is 37.5. The van der Waals surface area contributed by atoms with Crippen LogP contribution in [0.25, 0.3) is 0 Å². The fourth-order valence-electron chi connectivity index (χ4n) is 0. The molecule has 0 rings (SSSR count). The molecule has 19 heavy (non-hydrogen) atoms. The van der Waals surface area contributed by atoms with Crippen molar-refractivity contribution in [1.29, 1.82) is 31.6 Å². The van der Waals surface area contributed by atoms with E-state index in [1.54, 1.807) is 0 Å². The molecular formula is C6HFe6KN6-6. The SMILES string of the molecule is [C-]#N.[C-]#N.[C-]#N.[C-]#N.[C-]#N.[C-]#N.[Fe].[Fe].[Fe].[Fe].[Fe].[Fe].[H-].[K+]. The van der Waals surface area contributed by atoms with Gasteiger partial charge in [-0.2, -0.15) is 0 Å². The van der Waals surface area contributed by atoms with Gasteiger partial charge in [-0.3, -0.25) is 0 Å². The second-order valence-corrected chi connectivity index (χ2v) is 0. The molecule has 110 valence electrons. The van der Waals surface area contributed by atoms with E-state index in [1.807, 2.05) is 0 Å². The van der Waals surface area contributed by atoms with Crippen molar-refractivity contribution in [2.75, 3.05) is 0 Å². The van der Waals surface area contributed by atoms with Gasteiger partial charge in [-0.1, -0.05) is 0 Å². The molecule has 0 unspecified atom stereocenters.